The molecular formula is C23H26BrN3O5S. The van der Waals surface area contributed by atoms with Crippen molar-refractivity contribution in [3.05, 3.63) is 64.1 Å². The molecule has 10 heteroatoms. The summed E-state index contributed by atoms with van der Waals surface area (Å²) in [5.41, 5.74) is 0.791. The third-order valence-electron chi connectivity index (χ3n) is 5.43. The average Bonchev–Trinajstić information content (AvgIpc) is 2.98. The van der Waals surface area contributed by atoms with E-state index in [1.54, 1.807) is 25.1 Å². The molecule has 8 nitrogen and oxygen atoms in total. The average molecular weight is 536 g/mol. The van der Waals surface area contributed by atoms with Crippen LogP contribution in [-0.4, -0.2) is 54.5 Å². The molecule has 2 aromatic rings. The highest BCUT2D eigenvalue weighted by Gasteiger charge is 2.43. The molecule has 0 bridgehead atoms. The Morgan fingerprint density at radius 2 is 1.88 bits per heavy atom. The summed E-state index contributed by atoms with van der Waals surface area (Å²) in [6.45, 7) is 3.47. The highest BCUT2D eigenvalue weighted by atomic mass is 79.9. The Balaban J connectivity index is 1.86. The number of sulfonamides is 1. The number of carbonyl (C=O) groups excluding carboxylic acids is 3. The van der Waals surface area contributed by atoms with E-state index < -0.39 is 34.4 Å². The van der Waals surface area contributed by atoms with Crippen molar-refractivity contribution in [2.24, 2.45) is 0 Å². The summed E-state index contributed by atoms with van der Waals surface area (Å²) in [6.07, 6.45) is 1.71. The first-order valence-electron chi connectivity index (χ1n) is 10.6. The SMILES string of the molecule is CCCCNC(=O)[C@H](C)N(Cc1cccc(Br)c1)C(=O)CN1C(=O)c2ccccc2S1(=O)=O. The van der Waals surface area contributed by atoms with Gasteiger partial charge in [0, 0.05) is 17.6 Å². The van der Waals surface area contributed by atoms with Gasteiger partial charge < -0.3 is 10.2 Å². The van der Waals surface area contributed by atoms with Crippen molar-refractivity contribution in [2.45, 2.75) is 44.2 Å². The van der Waals surface area contributed by atoms with Gasteiger partial charge in [-0.15, -0.1) is 0 Å². The van der Waals surface area contributed by atoms with Gasteiger partial charge in [-0.25, -0.2) is 12.7 Å². The van der Waals surface area contributed by atoms with Crippen LogP contribution in [0.1, 0.15) is 42.6 Å². The van der Waals surface area contributed by atoms with Gasteiger partial charge in [0.1, 0.15) is 17.5 Å². The Hall–Kier alpha value is -2.72. The number of fused-ring (bicyclic) bond motifs is 1. The Bertz CT molecular complexity index is 1170. The molecule has 3 amide bonds. The van der Waals surface area contributed by atoms with Crippen LogP contribution in [0.4, 0.5) is 0 Å². The number of nitrogens with zero attached hydrogens (tertiary/aromatic N) is 2. The molecule has 33 heavy (non-hydrogen) atoms. The van der Waals surface area contributed by atoms with Gasteiger partial charge in [0.2, 0.25) is 11.8 Å². The standard InChI is InChI=1S/C23H26BrN3O5S/c1-3-4-12-25-22(29)16(2)26(14-17-8-7-9-18(24)13-17)21(28)15-27-23(30)19-10-5-6-11-20(19)33(27,31)32/h5-11,13,16H,3-4,12,14-15H2,1-2H3,(H,25,29)/t16-/m0/s1. The minimum Gasteiger partial charge on any atom is -0.354 e. The maximum Gasteiger partial charge on any atom is 0.269 e. The minimum absolute atomic E-state index is 0.0363. The summed E-state index contributed by atoms with van der Waals surface area (Å²) < 4.78 is 27.2. The quantitative estimate of drug-likeness (QED) is 0.497. The van der Waals surface area contributed by atoms with Gasteiger partial charge in [-0.1, -0.05) is 53.5 Å². The van der Waals surface area contributed by atoms with E-state index >= 15 is 0 Å². The fourth-order valence-corrected chi connectivity index (χ4v) is 5.52. The maximum absolute atomic E-state index is 13.3. The van der Waals surface area contributed by atoms with E-state index in [9.17, 15) is 22.8 Å². The van der Waals surface area contributed by atoms with Crippen LogP contribution in [0.3, 0.4) is 0 Å². The lowest BCUT2D eigenvalue weighted by molar-refractivity contribution is -0.140. The number of amides is 3. The number of unbranched alkanes of at least 4 members (excludes halogenated alkanes) is 1. The molecule has 0 radical (unpaired) electrons. The monoisotopic (exact) mass is 535 g/mol. The van der Waals surface area contributed by atoms with Crippen LogP contribution < -0.4 is 5.32 Å². The normalized spacial score (nSPS) is 15.1. The second kappa shape index (κ2) is 10.5. The van der Waals surface area contributed by atoms with Gasteiger partial charge in [0.25, 0.3) is 15.9 Å². The number of hydrogen-bond donors (Lipinski definition) is 1. The zero-order valence-corrected chi connectivity index (χ0v) is 20.9. The number of rotatable bonds is 9. The summed E-state index contributed by atoms with van der Waals surface area (Å²) in [5, 5.41) is 2.81. The van der Waals surface area contributed by atoms with E-state index in [1.807, 2.05) is 19.1 Å². The smallest absolute Gasteiger partial charge is 0.269 e. The van der Waals surface area contributed by atoms with Crippen LogP contribution in [0.5, 0.6) is 0 Å². The third-order valence-corrected chi connectivity index (χ3v) is 7.71. The second-order valence-electron chi connectivity index (χ2n) is 7.79. The predicted octanol–water partition coefficient (Wildman–Crippen LogP) is 2.93. The van der Waals surface area contributed by atoms with Gasteiger partial charge in [-0.3, -0.25) is 14.4 Å². The summed E-state index contributed by atoms with van der Waals surface area (Å²) >= 11 is 3.39. The van der Waals surface area contributed by atoms with Crippen LogP contribution in [0, 0.1) is 0 Å². The Labute approximate surface area is 202 Å². The largest absolute Gasteiger partial charge is 0.354 e. The van der Waals surface area contributed by atoms with E-state index in [1.165, 1.54) is 23.1 Å². The molecule has 3 rings (SSSR count). The molecule has 1 heterocycles. The van der Waals surface area contributed by atoms with Crippen molar-refractivity contribution in [3.63, 3.8) is 0 Å². The van der Waals surface area contributed by atoms with Crippen molar-refractivity contribution in [1.82, 2.24) is 14.5 Å². The first-order valence-corrected chi connectivity index (χ1v) is 12.9. The van der Waals surface area contributed by atoms with Gasteiger partial charge in [0.05, 0.1) is 5.56 Å². The molecule has 1 N–H and O–H groups in total. The molecule has 0 fully saturated rings. The molecule has 0 aromatic heterocycles. The van der Waals surface area contributed by atoms with E-state index in [4.69, 9.17) is 0 Å². The van der Waals surface area contributed by atoms with Gasteiger partial charge in [-0.2, -0.15) is 0 Å². The lowest BCUT2D eigenvalue weighted by Crippen LogP contribution is -2.51. The Kier molecular flexibility index (Phi) is 7.91. The van der Waals surface area contributed by atoms with E-state index in [2.05, 4.69) is 21.2 Å². The van der Waals surface area contributed by atoms with Crippen molar-refractivity contribution >= 4 is 43.7 Å². The van der Waals surface area contributed by atoms with Crippen molar-refractivity contribution in [3.8, 4) is 0 Å². The van der Waals surface area contributed by atoms with Gasteiger partial charge >= 0.3 is 0 Å². The fraction of sp³-hybridized carbons (Fsp3) is 0.348. The zero-order valence-electron chi connectivity index (χ0n) is 18.5. The van der Waals surface area contributed by atoms with E-state index in [0.717, 1.165) is 22.9 Å². The summed E-state index contributed by atoms with van der Waals surface area (Å²) in [5.74, 6) is -1.73. The second-order valence-corrected chi connectivity index (χ2v) is 10.5. The lowest BCUT2D eigenvalue weighted by Gasteiger charge is -2.30. The third kappa shape index (κ3) is 5.44. The minimum atomic E-state index is -4.14. The molecule has 176 valence electrons. The topological polar surface area (TPSA) is 104 Å². The number of carbonyl (C=O) groups is 3. The van der Waals surface area contributed by atoms with E-state index in [-0.39, 0.29) is 22.9 Å². The maximum atomic E-state index is 13.3. The van der Waals surface area contributed by atoms with Gasteiger partial charge in [-0.05, 0) is 43.2 Å². The summed E-state index contributed by atoms with van der Waals surface area (Å²) in [4.78, 5) is 40.0. The molecule has 2 aromatic carbocycles. The Morgan fingerprint density at radius 1 is 1.15 bits per heavy atom. The lowest BCUT2D eigenvalue weighted by atomic mass is 10.1. The number of hydrogen-bond acceptors (Lipinski definition) is 5. The molecule has 0 unspecified atom stereocenters. The van der Waals surface area contributed by atoms with Crippen molar-refractivity contribution < 1.29 is 22.8 Å². The van der Waals surface area contributed by atoms with Crippen LogP contribution in [-0.2, 0) is 26.2 Å². The number of nitrogens with one attached hydrogen (secondary N) is 1. The highest BCUT2D eigenvalue weighted by molar-refractivity contribution is 9.10. The zero-order chi connectivity index (χ0) is 24.2. The predicted molar refractivity (Wildman–Crippen MR) is 127 cm³/mol. The molecule has 1 atom stereocenters. The molecule has 0 saturated heterocycles. The molecule has 1 aliphatic rings. The van der Waals surface area contributed by atoms with Crippen LogP contribution in [0.15, 0.2) is 57.9 Å². The summed E-state index contributed by atoms with van der Waals surface area (Å²) in [6, 6.07) is 12.3. The van der Waals surface area contributed by atoms with Crippen LogP contribution in [0.25, 0.3) is 0 Å². The molecule has 0 aliphatic carbocycles. The van der Waals surface area contributed by atoms with Crippen LogP contribution in [0.2, 0.25) is 0 Å². The highest BCUT2D eigenvalue weighted by Crippen LogP contribution is 2.30. The first kappa shape index (κ1) is 24.9. The van der Waals surface area contributed by atoms with Crippen molar-refractivity contribution in [1.29, 1.82) is 0 Å². The number of halogens is 1. The van der Waals surface area contributed by atoms with Crippen molar-refractivity contribution in [2.75, 3.05) is 13.1 Å². The Morgan fingerprint density at radius 3 is 2.55 bits per heavy atom. The molecule has 0 spiro atoms. The molecular weight excluding hydrogens is 510 g/mol. The van der Waals surface area contributed by atoms with Gasteiger partial charge in [0.15, 0.2) is 0 Å². The molecule has 0 saturated carbocycles. The first-order chi connectivity index (χ1) is 15.7. The summed E-state index contributed by atoms with van der Waals surface area (Å²) in [7, 11) is -4.14. The van der Waals surface area contributed by atoms with Crippen LogP contribution >= 0.6 is 15.9 Å². The number of benzene rings is 2. The van der Waals surface area contributed by atoms with E-state index in [0.29, 0.717) is 10.8 Å². The fourth-order valence-electron chi connectivity index (χ4n) is 3.55. The molecule has 1 aliphatic heterocycles.